The highest BCUT2D eigenvalue weighted by Crippen LogP contribution is 2.35. The van der Waals surface area contributed by atoms with Crippen LogP contribution < -0.4 is 4.81 Å². The Labute approximate surface area is 114 Å². The topological polar surface area (TPSA) is 18.5 Å². The van der Waals surface area contributed by atoms with Crippen LogP contribution >= 0.6 is 0 Å². The van der Waals surface area contributed by atoms with Crippen molar-refractivity contribution < 1.29 is 9.68 Å². The van der Waals surface area contributed by atoms with Gasteiger partial charge < -0.3 is 0 Å². The van der Waals surface area contributed by atoms with E-state index in [1.165, 1.54) is 0 Å². The van der Waals surface area contributed by atoms with Crippen LogP contribution in [0.2, 0.25) is 0 Å². The Morgan fingerprint density at radius 3 is 1.37 bits per heavy atom. The molecule has 2 aromatic rings. The minimum absolute atomic E-state index is 0.0331. The zero-order chi connectivity index (χ0) is 13.6. The molecule has 0 saturated heterocycles. The Bertz CT molecular complexity index is 437. The van der Waals surface area contributed by atoms with E-state index < -0.39 is 0 Å². The summed E-state index contributed by atoms with van der Waals surface area (Å²) in [6.07, 6.45) is 0. The highest BCUT2D eigenvalue weighted by atomic mass is 17.0. The van der Waals surface area contributed by atoms with Crippen LogP contribution in [-0.4, -0.2) is 13.2 Å². The number of hydrogen-bond acceptors (Lipinski definition) is 2. The minimum atomic E-state index is -0.0331. The molecule has 2 aromatic carbocycles. The lowest BCUT2D eigenvalue weighted by molar-refractivity contribution is -0.311. The van der Waals surface area contributed by atoms with Crippen molar-refractivity contribution in [1.29, 1.82) is 0 Å². The molecule has 3 heteroatoms. The Morgan fingerprint density at radius 1 is 0.684 bits per heavy atom. The molecule has 0 aromatic heterocycles. The molecular weight excluding hydrogens is 238 g/mol. The maximum absolute atomic E-state index is 5.96. The van der Waals surface area contributed by atoms with Gasteiger partial charge >= 0.3 is 0 Å². The van der Waals surface area contributed by atoms with Gasteiger partial charge in [0, 0.05) is 29.1 Å². The molecule has 0 bridgehead atoms. The van der Waals surface area contributed by atoms with Gasteiger partial charge in [0.25, 0.3) is 0 Å². The van der Waals surface area contributed by atoms with Crippen molar-refractivity contribution in [2.45, 2.75) is 13.8 Å². The first kappa shape index (κ1) is 13.7. The van der Waals surface area contributed by atoms with E-state index >= 15 is 0 Å². The summed E-state index contributed by atoms with van der Waals surface area (Å²) in [6.45, 7) is 5.06. The Balaban J connectivity index is 2.54. The fourth-order valence-corrected chi connectivity index (χ4v) is 2.10. The van der Waals surface area contributed by atoms with Crippen molar-refractivity contribution in [2.24, 2.45) is 0 Å². The van der Waals surface area contributed by atoms with Gasteiger partial charge in [0.1, 0.15) is 13.2 Å². The van der Waals surface area contributed by atoms with Crippen molar-refractivity contribution in [3.63, 3.8) is 0 Å². The number of rotatable bonds is 6. The van der Waals surface area contributed by atoms with E-state index in [1.54, 1.807) is 0 Å². The largest absolute Gasteiger partial charge is 0.205 e. The zero-order valence-electron chi connectivity index (χ0n) is 11.5. The number of nitrogens with zero attached hydrogens (tertiary/aromatic N) is 1. The van der Waals surface area contributed by atoms with Gasteiger partial charge in [-0.15, -0.1) is 0 Å². The maximum Gasteiger partial charge on any atom is 0.205 e. The van der Waals surface area contributed by atoms with Crippen molar-refractivity contribution in [2.75, 3.05) is 13.2 Å². The molecule has 100 valence electrons. The van der Waals surface area contributed by atoms with Crippen LogP contribution in [-0.2, 0) is 9.68 Å². The molecule has 19 heavy (non-hydrogen) atoms. The second-order valence-electron chi connectivity index (χ2n) is 4.06. The molecule has 0 atom stereocenters. The molecule has 0 aliphatic rings. The second-order valence-corrected chi connectivity index (χ2v) is 4.06. The van der Waals surface area contributed by atoms with Gasteiger partial charge in [0.05, 0.1) is 0 Å². The fourth-order valence-electron chi connectivity index (χ4n) is 2.10. The van der Waals surface area contributed by atoms with Crippen LogP contribution in [0.15, 0.2) is 60.7 Å². The van der Waals surface area contributed by atoms with E-state index in [0.29, 0.717) is 13.2 Å². The molecule has 0 spiro atoms. The Hall–Kier alpha value is -1.68. The summed E-state index contributed by atoms with van der Waals surface area (Å²) in [5.41, 5.74) is 1.91. The van der Waals surface area contributed by atoms with E-state index in [4.69, 9.17) is 9.68 Å². The molecule has 0 heterocycles. The van der Waals surface area contributed by atoms with Gasteiger partial charge in [0.2, 0.25) is 11.4 Å². The third-order valence-corrected chi connectivity index (χ3v) is 2.81. The van der Waals surface area contributed by atoms with Crippen LogP contribution in [0.4, 0.5) is 11.4 Å². The third kappa shape index (κ3) is 2.84. The number of quaternary nitrogens is 1. The number of benzene rings is 2. The van der Waals surface area contributed by atoms with Gasteiger partial charge in [-0.3, -0.25) is 0 Å². The molecular formula is C16H20NO2+. The van der Waals surface area contributed by atoms with E-state index in [2.05, 4.69) is 0 Å². The van der Waals surface area contributed by atoms with Crippen molar-refractivity contribution in [3.05, 3.63) is 60.7 Å². The monoisotopic (exact) mass is 258 g/mol. The summed E-state index contributed by atoms with van der Waals surface area (Å²) >= 11 is 0. The van der Waals surface area contributed by atoms with Gasteiger partial charge in [-0.05, 0) is 13.8 Å². The standard InChI is InChI=1S/C16H20NO2/c1-3-18-17(19-4-2,15-11-7-5-8-12-15)16-13-9-6-10-14-16/h5-14H,3-4H2,1-2H3/q+1. The predicted molar refractivity (Wildman–Crippen MR) is 77.6 cm³/mol. The van der Waals surface area contributed by atoms with Crippen LogP contribution in [0.5, 0.6) is 0 Å². The van der Waals surface area contributed by atoms with Gasteiger partial charge in [-0.25, -0.2) is 0 Å². The summed E-state index contributed by atoms with van der Waals surface area (Å²) < 4.78 is 0. The van der Waals surface area contributed by atoms with E-state index in [1.807, 2.05) is 74.5 Å². The van der Waals surface area contributed by atoms with E-state index in [9.17, 15) is 0 Å². The minimum Gasteiger partial charge on any atom is -0.157 e. The van der Waals surface area contributed by atoms with Gasteiger partial charge in [-0.1, -0.05) is 36.4 Å². The summed E-state index contributed by atoms with van der Waals surface area (Å²) in [5.74, 6) is 0. The Kier molecular flexibility index (Phi) is 4.68. The van der Waals surface area contributed by atoms with Crippen LogP contribution in [0.25, 0.3) is 0 Å². The quantitative estimate of drug-likeness (QED) is 0.570. The lowest BCUT2D eigenvalue weighted by Gasteiger charge is -2.30. The second kappa shape index (κ2) is 6.48. The Morgan fingerprint density at radius 2 is 1.05 bits per heavy atom. The molecule has 0 aliphatic carbocycles. The highest BCUT2D eigenvalue weighted by Gasteiger charge is 2.38. The number of para-hydroxylation sites is 2. The zero-order valence-corrected chi connectivity index (χ0v) is 11.5. The average molecular weight is 258 g/mol. The van der Waals surface area contributed by atoms with E-state index in [-0.39, 0.29) is 4.81 Å². The van der Waals surface area contributed by atoms with E-state index in [0.717, 1.165) is 11.4 Å². The summed E-state index contributed by atoms with van der Waals surface area (Å²) in [6, 6.07) is 20.0. The summed E-state index contributed by atoms with van der Waals surface area (Å²) in [7, 11) is 0. The van der Waals surface area contributed by atoms with Crippen molar-refractivity contribution in [3.8, 4) is 0 Å². The molecule has 0 unspecified atom stereocenters. The molecule has 0 fully saturated rings. The molecule has 0 N–H and O–H groups in total. The SMILES string of the molecule is CCO[N+](OCC)(c1ccccc1)c1ccccc1. The average Bonchev–Trinajstić information content (AvgIpc) is 2.49. The normalized spacial score (nSPS) is 11.5. The summed E-state index contributed by atoms with van der Waals surface area (Å²) in [4.78, 5) is 11.9. The predicted octanol–water partition coefficient (Wildman–Crippen LogP) is 4.23. The van der Waals surface area contributed by atoms with Crippen LogP contribution in [0.1, 0.15) is 13.8 Å². The first-order valence-corrected chi connectivity index (χ1v) is 6.63. The molecule has 3 nitrogen and oxygen atoms in total. The molecule has 0 radical (unpaired) electrons. The molecule has 0 saturated carbocycles. The van der Waals surface area contributed by atoms with Crippen LogP contribution in [0.3, 0.4) is 0 Å². The third-order valence-electron chi connectivity index (χ3n) is 2.81. The first-order chi connectivity index (χ1) is 9.33. The fraction of sp³-hybridized carbons (Fsp3) is 0.250. The van der Waals surface area contributed by atoms with Crippen LogP contribution in [0, 0.1) is 0 Å². The van der Waals surface area contributed by atoms with Gasteiger partial charge in [-0.2, -0.15) is 9.68 Å². The smallest absolute Gasteiger partial charge is 0.157 e. The summed E-state index contributed by atoms with van der Waals surface area (Å²) in [5, 5.41) is 0. The highest BCUT2D eigenvalue weighted by molar-refractivity contribution is 5.53. The number of hydrogen-bond donors (Lipinski definition) is 0. The molecule has 2 rings (SSSR count). The van der Waals surface area contributed by atoms with Gasteiger partial charge in [0.15, 0.2) is 0 Å². The lowest BCUT2D eigenvalue weighted by Crippen LogP contribution is -2.44. The first-order valence-electron chi connectivity index (χ1n) is 6.63. The maximum atomic E-state index is 5.96. The van der Waals surface area contributed by atoms with Crippen molar-refractivity contribution >= 4 is 11.4 Å². The molecule has 0 aliphatic heterocycles. The van der Waals surface area contributed by atoms with Crippen molar-refractivity contribution in [1.82, 2.24) is 4.81 Å². The molecule has 0 amide bonds. The lowest BCUT2D eigenvalue weighted by atomic mass is 10.2.